The van der Waals surface area contributed by atoms with Crippen LogP contribution in [0.4, 0.5) is 27.8 Å². The van der Waals surface area contributed by atoms with Crippen molar-refractivity contribution in [1.82, 2.24) is 4.98 Å². The third-order valence-corrected chi connectivity index (χ3v) is 1.74. The summed E-state index contributed by atoms with van der Waals surface area (Å²) in [5.41, 5.74) is -1.01. The zero-order chi connectivity index (χ0) is 13.1. The Labute approximate surface area is 93.6 Å². The molecule has 0 aliphatic carbocycles. The van der Waals surface area contributed by atoms with E-state index in [9.17, 15) is 22.0 Å². The number of ether oxygens (including phenoxy) is 1. The smallest absolute Gasteiger partial charge is 0.416 e. The Morgan fingerprint density at radius 3 is 2.47 bits per heavy atom. The van der Waals surface area contributed by atoms with Crippen molar-refractivity contribution in [2.75, 3.05) is 19.0 Å². The van der Waals surface area contributed by atoms with Crippen LogP contribution in [0.15, 0.2) is 12.1 Å². The highest BCUT2D eigenvalue weighted by Gasteiger charge is 2.32. The van der Waals surface area contributed by atoms with Gasteiger partial charge >= 0.3 is 6.18 Å². The predicted molar refractivity (Wildman–Crippen MR) is 50.3 cm³/mol. The van der Waals surface area contributed by atoms with Gasteiger partial charge in [-0.25, -0.2) is 8.78 Å². The number of hydrogen-bond acceptors (Lipinski definition) is 3. The fourth-order valence-electron chi connectivity index (χ4n) is 1.02. The normalized spacial score (nSPS) is 11.7. The van der Waals surface area contributed by atoms with E-state index in [0.29, 0.717) is 6.07 Å². The molecule has 3 nitrogen and oxygen atoms in total. The van der Waals surface area contributed by atoms with Crippen LogP contribution in [0.25, 0.3) is 0 Å². The first-order valence-corrected chi connectivity index (χ1v) is 4.51. The van der Waals surface area contributed by atoms with Crippen LogP contribution < -0.4 is 10.1 Å². The fourth-order valence-corrected chi connectivity index (χ4v) is 1.02. The van der Waals surface area contributed by atoms with Gasteiger partial charge in [0.1, 0.15) is 5.82 Å². The molecule has 17 heavy (non-hydrogen) atoms. The van der Waals surface area contributed by atoms with E-state index in [1.165, 1.54) is 7.05 Å². The van der Waals surface area contributed by atoms with E-state index in [4.69, 9.17) is 0 Å². The van der Waals surface area contributed by atoms with E-state index >= 15 is 0 Å². The van der Waals surface area contributed by atoms with Crippen molar-refractivity contribution in [1.29, 1.82) is 0 Å². The molecule has 0 aliphatic rings. The Balaban J connectivity index is 2.97. The van der Waals surface area contributed by atoms with Gasteiger partial charge in [0.2, 0.25) is 5.88 Å². The van der Waals surface area contributed by atoms with E-state index in [1.54, 1.807) is 0 Å². The monoisotopic (exact) mass is 256 g/mol. The Morgan fingerprint density at radius 2 is 2.00 bits per heavy atom. The molecule has 0 unspecified atom stereocenters. The number of rotatable bonds is 4. The van der Waals surface area contributed by atoms with Gasteiger partial charge in [0, 0.05) is 13.1 Å². The van der Waals surface area contributed by atoms with E-state index in [0.717, 1.165) is 6.07 Å². The van der Waals surface area contributed by atoms with Crippen LogP contribution >= 0.6 is 0 Å². The number of alkyl halides is 5. The van der Waals surface area contributed by atoms with Gasteiger partial charge in [-0.2, -0.15) is 18.2 Å². The number of hydrogen-bond donors (Lipinski definition) is 1. The van der Waals surface area contributed by atoms with Gasteiger partial charge in [-0.15, -0.1) is 0 Å². The third kappa shape index (κ3) is 4.04. The molecule has 0 amide bonds. The summed E-state index contributed by atoms with van der Waals surface area (Å²) >= 11 is 0. The first-order valence-electron chi connectivity index (χ1n) is 4.51. The Kier molecular flexibility index (Phi) is 4.08. The number of pyridine rings is 1. The lowest BCUT2D eigenvalue weighted by atomic mass is 10.2. The highest BCUT2D eigenvalue weighted by Crippen LogP contribution is 2.32. The number of nitrogens with zero attached hydrogens (tertiary/aromatic N) is 1. The maximum absolute atomic E-state index is 12.4. The summed E-state index contributed by atoms with van der Waals surface area (Å²) in [6.07, 6.45) is -7.36. The van der Waals surface area contributed by atoms with Crippen molar-refractivity contribution in [3.05, 3.63) is 17.7 Å². The standard InChI is InChI=1S/C9H9F5N2O/c1-15-7-2-5(9(12,13)14)3-8(16-7)17-4-6(10)11/h2-3,6H,4H2,1H3,(H,15,16). The summed E-state index contributed by atoms with van der Waals surface area (Å²) in [6, 6.07) is 1.33. The van der Waals surface area contributed by atoms with Gasteiger partial charge in [0.15, 0.2) is 6.61 Å². The third-order valence-electron chi connectivity index (χ3n) is 1.74. The van der Waals surface area contributed by atoms with Gasteiger partial charge in [0.05, 0.1) is 5.56 Å². The highest BCUT2D eigenvalue weighted by atomic mass is 19.4. The second kappa shape index (κ2) is 5.15. The average molecular weight is 256 g/mol. The van der Waals surface area contributed by atoms with Crippen molar-refractivity contribution >= 4 is 5.82 Å². The predicted octanol–water partition coefficient (Wildman–Crippen LogP) is 2.79. The van der Waals surface area contributed by atoms with E-state index in [-0.39, 0.29) is 5.82 Å². The summed E-state index contributed by atoms with van der Waals surface area (Å²) in [4.78, 5) is 3.57. The van der Waals surface area contributed by atoms with Crippen molar-refractivity contribution in [2.45, 2.75) is 12.6 Å². The van der Waals surface area contributed by atoms with Crippen LogP contribution in [0.2, 0.25) is 0 Å². The number of halogens is 5. The van der Waals surface area contributed by atoms with Gasteiger partial charge in [0.25, 0.3) is 6.43 Å². The molecule has 0 saturated heterocycles. The van der Waals surface area contributed by atoms with Crippen LogP contribution in [-0.4, -0.2) is 25.1 Å². The molecule has 1 aromatic heterocycles. The maximum Gasteiger partial charge on any atom is 0.416 e. The summed E-state index contributed by atoms with van der Waals surface area (Å²) < 4.78 is 65.4. The maximum atomic E-state index is 12.4. The van der Waals surface area contributed by atoms with Crippen molar-refractivity contribution in [3.63, 3.8) is 0 Å². The molecule has 1 N–H and O–H groups in total. The molecule has 8 heteroatoms. The molecule has 1 heterocycles. The van der Waals surface area contributed by atoms with Gasteiger partial charge < -0.3 is 10.1 Å². The summed E-state index contributed by atoms with van der Waals surface area (Å²) in [6.45, 7) is -1.00. The lowest BCUT2D eigenvalue weighted by Crippen LogP contribution is -2.11. The first kappa shape index (κ1) is 13.5. The topological polar surface area (TPSA) is 34.1 Å². The molecule has 96 valence electrons. The van der Waals surface area contributed by atoms with Crippen molar-refractivity contribution < 1.29 is 26.7 Å². The average Bonchev–Trinajstić information content (AvgIpc) is 2.24. The summed E-state index contributed by atoms with van der Waals surface area (Å²) in [5, 5.41) is 2.39. The Morgan fingerprint density at radius 1 is 1.35 bits per heavy atom. The van der Waals surface area contributed by atoms with E-state index in [2.05, 4.69) is 15.0 Å². The Bertz CT molecular complexity index is 380. The number of aromatic nitrogens is 1. The number of nitrogens with one attached hydrogen (secondary N) is 1. The molecule has 0 spiro atoms. The molecule has 0 aromatic carbocycles. The van der Waals surface area contributed by atoms with Crippen molar-refractivity contribution in [2.24, 2.45) is 0 Å². The molecule has 0 aliphatic heterocycles. The van der Waals surface area contributed by atoms with E-state index < -0.39 is 30.7 Å². The molecule has 0 bridgehead atoms. The van der Waals surface area contributed by atoms with Crippen molar-refractivity contribution in [3.8, 4) is 5.88 Å². The lowest BCUT2D eigenvalue weighted by Gasteiger charge is -2.11. The Hall–Kier alpha value is -1.60. The van der Waals surface area contributed by atoms with Gasteiger partial charge in [-0.1, -0.05) is 0 Å². The SMILES string of the molecule is CNc1cc(C(F)(F)F)cc(OCC(F)F)n1. The second-order valence-corrected chi connectivity index (χ2v) is 3.03. The molecular weight excluding hydrogens is 247 g/mol. The molecule has 1 rings (SSSR count). The summed E-state index contributed by atoms with van der Waals surface area (Å²) in [5.74, 6) is -0.603. The highest BCUT2D eigenvalue weighted by molar-refractivity contribution is 5.42. The van der Waals surface area contributed by atoms with Crippen LogP contribution in [0.5, 0.6) is 5.88 Å². The summed E-state index contributed by atoms with van der Waals surface area (Å²) in [7, 11) is 1.36. The van der Waals surface area contributed by atoms with Crippen LogP contribution in [-0.2, 0) is 6.18 Å². The molecule has 0 saturated carbocycles. The van der Waals surface area contributed by atoms with Gasteiger partial charge in [-0.05, 0) is 6.07 Å². The minimum Gasteiger partial charge on any atom is -0.472 e. The van der Waals surface area contributed by atoms with Crippen LogP contribution in [0.3, 0.4) is 0 Å². The quantitative estimate of drug-likeness (QED) is 0.841. The zero-order valence-corrected chi connectivity index (χ0v) is 8.68. The fraction of sp³-hybridized carbons (Fsp3) is 0.444. The molecule has 0 atom stereocenters. The molecule has 0 radical (unpaired) electrons. The first-order chi connectivity index (χ1) is 7.82. The van der Waals surface area contributed by atoms with E-state index in [1.807, 2.05) is 0 Å². The lowest BCUT2D eigenvalue weighted by molar-refractivity contribution is -0.137. The zero-order valence-electron chi connectivity index (χ0n) is 8.68. The minimum atomic E-state index is -4.59. The van der Waals surface area contributed by atoms with Crippen LogP contribution in [0, 0.1) is 0 Å². The second-order valence-electron chi connectivity index (χ2n) is 3.03. The largest absolute Gasteiger partial charge is 0.472 e. The number of anilines is 1. The molecule has 1 aromatic rings. The van der Waals surface area contributed by atoms with Gasteiger partial charge in [-0.3, -0.25) is 0 Å². The molecule has 0 fully saturated rings. The van der Waals surface area contributed by atoms with Crippen LogP contribution in [0.1, 0.15) is 5.56 Å². The molecular formula is C9H9F5N2O. The minimum absolute atomic E-state index is 0.107.